The molecule has 0 radical (unpaired) electrons. The molecule has 1 aliphatic rings. The summed E-state index contributed by atoms with van der Waals surface area (Å²) in [6.45, 7) is 3.03. The maximum Gasteiger partial charge on any atom is 0.354 e. The first-order chi connectivity index (χ1) is 9.06. The zero-order valence-electron chi connectivity index (χ0n) is 11.7. The number of nitrogens with zero attached hydrogens (tertiary/aromatic N) is 2. The van der Waals surface area contributed by atoms with Gasteiger partial charge in [-0.3, -0.25) is 4.90 Å². The van der Waals surface area contributed by atoms with Crippen molar-refractivity contribution in [3.8, 4) is 0 Å². The zero-order chi connectivity index (χ0) is 13.8. The summed E-state index contributed by atoms with van der Waals surface area (Å²) in [5, 5.41) is 8.95. The molecular weight excluding hydrogens is 240 g/mol. The van der Waals surface area contributed by atoms with E-state index < -0.39 is 5.97 Å². The van der Waals surface area contributed by atoms with Crippen LogP contribution in [0.15, 0.2) is 18.2 Å². The van der Waals surface area contributed by atoms with Gasteiger partial charge in [0.15, 0.2) is 0 Å². The minimum Gasteiger partial charge on any atom is -0.477 e. The molecule has 104 valence electrons. The highest BCUT2D eigenvalue weighted by molar-refractivity contribution is 5.85. The average molecular weight is 262 g/mol. The van der Waals surface area contributed by atoms with Gasteiger partial charge in [-0.25, -0.2) is 9.78 Å². The van der Waals surface area contributed by atoms with Crippen molar-refractivity contribution in [1.82, 2.24) is 9.88 Å². The number of pyridine rings is 1. The van der Waals surface area contributed by atoms with Gasteiger partial charge in [-0.05, 0) is 37.9 Å². The second-order valence-corrected chi connectivity index (χ2v) is 5.66. The molecule has 2 unspecified atom stereocenters. The third-order valence-corrected chi connectivity index (χ3v) is 3.97. The molecule has 4 heteroatoms. The molecule has 1 heterocycles. The van der Waals surface area contributed by atoms with Crippen molar-refractivity contribution in [2.45, 2.75) is 45.2 Å². The molecule has 2 rings (SSSR count). The molecule has 0 aromatic carbocycles. The summed E-state index contributed by atoms with van der Waals surface area (Å²) < 4.78 is 0. The molecule has 0 saturated heterocycles. The highest BCUT2D eigenvalue weighted by Crippen LogP contribution is 2.27. The fourth-order valence-corrected chi connectivity index (χ4v) is 2.87. The van der Waals surface area contributed by atoms with Crippen LogP contribution in [0.3, 0.4) is 0 Å². The third-order valence-electron chi connectivity index (χ3n) is 3.97. The number of carboxylic acids is 1. The molecule has 2 atom stereocenters. The fourth-order valence-electron chi connectivity index (χ4n) is 2.87. The van der Waals surface area contributed by atoms with Crippen LogP contribution in [0, 0.1) is 5.92 Å². The van der Waals surface area contributed by atoms with Crippen molar-refractivity contribution in [3.05, 3.63) is 29.6 Å². The van der Waals surface area contributed by atoms with E-state index in [0.717, 1.165) is 18.2 Å². The summed E-state index contributed by atoms with van der Waals surface area (Å²) in [7, 11) is 2.11. The molecule has 1 aromatic heterocycles. The number of carboxylic acid groups (broad SMARTS) is 1. The van der Waals surface area contributed by atoms with Crippen LogP contribution in [0.4, 0.5) is 0 Å². The summed E-state index contributed by atoms with van der Waals surface area (Å²) in [4.78, 5) is 17.4. The number of carbonyl (C=O) groups is 1. The van der Waals surface area contributed by atoms with Gasteiger partial charge in [0.2, 0.25) is 0 Å². The molecule has 0 spiro atoms. The fraction of sp³-hybridized carbons (Fsp3) is 0.600. The van der Waals surface area contributed by atoms with E-state index in [4.69, 9.17) is 5.11 Å². The molecule has 1 saturated carbocycles. The molecule has 1 fully saturated rings. The maximum atomic E-state index is 10.9. The molecule has 1 N–H and O–H groups in total. The summed E-state index contributed by atoms with van der Waals surface area (Å²) in [6.07, 6.45) is 5.09. The van der Waals surface area contributed by atoms with Crippen LogP contribution in [-0.2, 0) is 6.54 Å². The Bertz CT molecular complexity index is 448. The summed E-state index contributed by atoms with van der Waals surface area (Å²) in [5.74, 6) is -0.171. The highest BCUT2D eigenvalue weighted by atomic mass is 16.4. The van der Waals surface area contributed by atoms with Gasteiger partial charge in [0.05, 0.1) is 5.69 Å². The smallest absolute Gasteiger partial charge is 0.354 e. The first kappa shape index (κ1) is 14.0. The predicted octanol–water partition coefficient (Wildman–Crippen LogP) is 2.79. The van der Waals surface area contributed by atoms with Crippen molar-refractivity contribution >= 4 is 5.97 Å². The molecule has 1 aromatic rings. The highest BCUT2D eigenvalue weighted by Gasteiger charge is 2.22. The Morgan fingerprint density at radius 1 is 1.47 bits per heavy atom. The lowest BCUT2D eigenvalue weighted by molar-refractivity contribution is 0.0689. The number of rotatable bonds is 4. The predicted molar refractivity (Wildman–Crippen MR) is 74.1 cm³/mol. The minimum atomic E-state index is -0.962. The quantitative estimate of drug-likeness (QED) is 0.906. The standard InChI is InChI=1S/C15H22N2O2/c1-11-5-3-7-13(9-11)17(2)10-12-6-4-8-14(16-12)15(18)19/h4,6,8,11,13H,3,5,7,9-10H2,1-2H3,(H,18,19). The van der Waals surface area contributed by atoms with Gasteiger partial charge in [0.25, 0.3) is 0 Å². The molecule has 0 bridgehead atoms. The number of hydrogen-bond acceptors (Lipinski definition) is 3. The monoisotopic (exact) mass is 262 g/mol. The largest absolute Gasteiger partial charge is 0.477 e. The van der Waals surface area contributed by atoms with Crippen LogP contribution >= 0.6 is 0 Å². The van der Waals surface area contributed by atoms with Gasteiger partial charge in [0, 0.05) is 12.6 Å². The van der Waals surface area contributed by atoms with Gasteiger partial charge >= 0.3 is 5.97 Å². The maximum absolute atomic E-state index is 10.9. The third kappa shape index (κ3) is 3.77. The first-order valence-electron chi connectivity index (χ1n) is 6.95. The van der Waals surface area contributed by atoms with Crippen LogP contribution in [0.25, 0.3) is 0 Å². The second-order valence-electron chi connectivity index (χ2n) is 5.66. The normalized spacial score (nSPS) is 23.5. The summed E-state index contributed by atoms with van der Waals surface area (Å²) in [5.41, 5.74) is 0.962. The Morgan fingerprint density at radius 3 is 2.95 bits per heavy atom. The van der Waals surface area contributed by atoms with E-state index in [1.807, 2.05) is 6.07 Å². The SMILES string of the molecule is CC1CCCC(N(C)Cc2cccc(C(=O)O)n2)C1. The minimum absolute atomic E-state index is 0.128. The Labute approximate surface area is 114 Å². The number of aromatic nitrogens is 1. The summed E-state index contributed by atoms with van der Waals surface area (Å²) in [6, 6.07) is 5.80. The van der Waals surface area contributed by atoms with Crippen molar-refractivity contribution in [2.75, 3.05) is 7.05 Å². The van der Waals surface area contributed by atoms with Crippen LogP contribution in [-0.4, -0.2) is 34.0 Å². The van der Waals surface area contributed by atoms with Crippen molar-refractivity contribution < 1.29 is 9.90 Å². The first-order valence-corrected chi connectivity index (χ1v) is 6.95. The van der Waals surface area contributed by atoms with E-state index >= 15 is 0 Å². The van der Waals surface area contributed by atoms with Gasteiger partial charge in [-0.1, -0.05) is 25.8 Å². The lowest BCUT2D eigenvalue weighted by Crippen LogP contribution is -2.35. The van der Waals surface area contributed by atoms with Crippen LogP contribution in [0.2, 0.25) is 0 Å². The Balaban J connectivity index is 1.99. The lowest BCUT2D eigenvalue weighted by atomic mass is 9.86. The van der Waals surface area contributed by atoms with Gasteiger partial charge in [-0.15, -0.1) is 0 Å². The van der Waals surface area contributed by atoms with Gasteiger partial charge < -0.3 is 5.11 Å². The molecule has 19 heavy (non-hydrogen) atoms. The summed E-state index contributed by atoms with van der Waals surface area (Å²) >= 11 is 0. The van der Waals surface area contributed by atoms with Crippen molar-refractivity contribution in [2.24, 2.45) is 5.92 Å². The van der Waals surface area contributed by atoms with Crippen molar-refractivity contribution in [3.63, 3.8) is 0 Å². The molecule has 0 aliphatic heterocycles. The lowest BCUT2D eigenvalue weighted by Gasteiger charge is -2.34. The van der Waals surface area contributed by atoms with Crippen LogP contribution in [0.1, 0.15) is 48.8 Å². The molecule has 0 amide bonds. The van der Waals surface area contributed by atoms with E-state index in [1.165, 1.54) is 31.7 Å². The Kier molecular flexibility index (Phi) is 4.53. The average Bonchev–Trinajstić information content (AvgIpc) is 2.39. The van der Waals surface area contributed by atoms with Crippen LogP contribution in [0.5, 0.6) is 0 Å². The second kappa shape index (κ2) is 6.15. The van der Waals surface area contributed by atoms with E-state index in [9.17, 15) is 4.79 Å². The van der Waals surface area contributed by atoms with E-state index in [-0.39, 0.29) is 5.69 Å². The van der Waals surface area contributed by atoms with E-state index in [2.05, 4.69) is 23.9 Å². The zero-order valence-corrected chi connectivity index (χ0v) is 11.7. The number of hydrogen-bond donors (Lipinski definition) is 1. The number of aromatic carboxylic acids is 1. The topological polar surface area (TPSA) is 53.4 Å². The van der Waals surface area contributed by atoms with Crippen LogP contribution < -0.4 is 0 Å². The molecule has 1 aliphatic carbocycles. The molecule has 4 nitrogen and oxygen atoms in total. The van der Waals surface area contributed by atoms with Gasteiger partial charge in [0.1, 0.15) is 5.69 Å². The molecular formula is C15H22N2O2. The van der Waals surface area contributed by atoms with E-state index in [0.29, 0.717) is 6.04 Å². The van der Waals surface area contributed by atoms with E-state index in [1.54, 1.807) is 6.07 Å². The van der Waals surface area contributed by atoms with Gasteiger partial charge in [-0.2, -0.15) is 0 Å². The van der Waals surface area contributed by atoms with Crippen molar-refractivity contribution in [1.29, 1.82) is 0 Å². The Morgan fingerprint density at radius 2 is 2.26 bits per heavy atom. The Hall–Kier alpha value is -1.42.